The first-order valence-corrected chi connectivity index (χ1v) is 11.3. The number of hydrogen-bond donors (Lipinski definition) is 1. The summed E-state index contributed by atoms with van der Waals surface area (Å²) in [6, 6.07) is 6.97. The number of rotatable bonds is 13. The molecule has 0 bridgehead atoms. The fourth-order valence-electron chi connectivity index (χ4n) is 3.59. The van der Waals surface area contributed by atoms with E-state index in [1.807, 2.05) is 6.92 Å². The molecule has 172 valence electrons. The minimum Gasteiger partial charge on any atom is -0.494 e. The standard InChI is InChI=1S/C24H34O7/c1-2-7-22(25)30-17-6-4-3-5-16-29-20-12-14-21(15-13-20)31-24(28)19-10-8-18(9-11-19)23(26)27/h12-15,18-19H,2-11,16-17H2,1H3,(H,26,27). The van der Waals surface area contributed by atoms with Crippen molar-refractivity contribution < 1.29 is 33.7 Å². The summed E-state index contributed by atoms with van der Waals surface area (Å²) in [4.78, 5) is 34.5. The Morgan fingerprint density at radius 3 is 2.06 bits per heavy atom. The first-order chi connectivity index (χ1) is 15.0. The van der Waals surface area contributed by atoms with Gasteiger partial charge in [0.25, 0.3) is 0 Å². The third-order valence-corrected chi connectivity index (χ3v) is 5.48. The summed E-state index contributed by atoms with van der Waals surface area (Å²) in [5.41, 5.74) is 0. The Bertz CT molecular complexity index is 690. The van der Waals surface area contributed by atoms with E-state index in [0.717, 1.165) is 37.9 Å². The van der Waals surface area contributed by atoms with Crippen molar-refractivity contribution in [1.82, 2.24) is 0 Å². The minimum atomic E-state index is -0.782. The fraction of sp³-hybridized carbons (Fsp3) is 0.625. The van der Waals surface area contributed by atoms with Gasteiger partial charge in [-0.05, 0) is 82.1 Å². The largest absolute Gasteiger partial charge is 0.494 e. The smallest absolute Gasteiger partial charge is 0.314 e. The molecule has 1 aromatic rings. The third-order valence-electron chi connectivity index (χ3n) is 5.48. The molecule has 7 nitrogen and oxygen atoms in total. The van der Waals surface area contributed by atoms with E-state index in [-0.39, 0.29) is 23.8 Å². The molecular weight excluding hydrogens is 400 g/mol. The van der Waals surface area contributed by atoms with Crippen molar-refractivity contribution in [2.45, 2.75) is 71.1 Å². The quantitative estimate of drug-likeness (QED) is 0.271. The lowest BCUT2D eigenvalue weighted by molar-refractivity contribution is -0.146. The van der Waals surface area contributed by atoms with E-state index >= 15 is 0 Å². The van der Waals surface area contributed by atoms with Gasteiger partial charge in [0.1, 0.15) is 11.5 Å². The van der Waals surface area contributed by atoms with Gasteiger partial charge in [-0.3, -0.25) is 14.4 Å². The molecule has 0 aromatic heterocycles. The first-order valence-electron chi connectivity index (χ1n) is 11.3. The number of carboxylic acid groups (broad SMARTS) is 1. The molecule has 0 saturated heterocycles. The molecule has 0 unspecified atom stereocenters. The van der Waals surface area contributed by atoms with Crippen LogP contribution < -0.4 is 9.47 Å². The zero-order valence-electron chi connectivity index (χ0n) is 18.3. The van der Waals surface area contributed by atoms with Crippen LogP contribution in [0, 0.1) is 11.8 Å². The maximum absolute atomic E-state index is 12.3. The van der Waals surface area contributed by atoms with Gasteiger partial charge in [0.15, 0.2) is 0 Å². The van der Waals surface area contributed by atoms with Crippen molar-refractivity contribution in [1.29, 1.82) is 0 Å². The molecule has 31 heavy (non-hydrogen) atoms. The van der Waals surface area contributed by atoms with E-state index in [1.165, 1.54) is 0 Å². The van der Waals surface area contributed by atoms with E-state index in [4.69, 9.17) is 19.3 Å². The molecule has 1 aliphatic carbocycles. The van der Waals surface area contributed by atoms with Crippen LogP contribution in [0.25, 0.3) is 0 Å². The Morgan fingerprint density at radius 2 is 1.45 bits per heavy atom. The van der Waals surface area contributed by atoms with Gasteiger partial charge < -0.3 is 19.3 Å². The van der Waals surface area contributed by atoms with E-state index in [9.17, 15) is 14.4 Å². The van der Waals surface area contributed by atoms with Crippen LogP contribution in [-0.2, 0) is 19.1 Å². The monoisotopic (exact) mass is 434 g/mol. The van der Waals surface area contributed by atoms with Crippen LogP contribution in [-0.4, -0.2) is 36.2 Å². The second kappa shape index (κ2) is 13.7. The maximum atomic E-state index is 12.3. The number of aliphatic carboxylic acids is 1. The van der Waals surface area contributed by atoms with Gasteiger partial charge in [-0.25, -0.2) is 0 Å². The van der Waals surface area contributed by atoms with Crippen LogP contribution in [0.5, 0.6) is 11.5 Å². The molecule has 1 aromatic carbocycles. The average molecular weight is 435 g/mol. The third kappa shape index (κ3) is 9.40. The van der Waals surface area contributed by atoms with Crippen LogP contribution in [0.4, 0.5) is 0 Å². The van der Waals surface area contributed by atoms with Crippen molar-refractivity contribution >= 4 is 17.9 Å². The lowest BCUT2D eigenvalue weighted by atomic mass is 9.82. The molecule has 1 saturated carbocycles. The number of carbonyl (C=O) groups is 3. The van der Waals surface area contributed by atoms with E-state index in [2.05, 4.69) is 0 Å². The molecule has 7 heteroatoms. The molecule has 0 spiro atoms. The summed E-state index contributed by atoms with van der Waals surface area (Å²) < 4.78 is 16.3. The average Bonchev–Trinajstić information content (AvgIpc) is 2.77. The maximum Gasteiger partial charge on any atom is 0.314 e. The lowest BCUT2D eigenvalue weighted by Crippen LogP contribution is -2.28. The zero-order chi connectivity index (χ0) is 22.5. The van der Waals surface area contributed by atoms with Gasteiger partial charge in [0.2, 0.25) is 0 Å². The van der Waals surface area contributed by atoms with Crippen molar-refractivity contribution in [2.75, 3.05) is 13.2 Å². The lowest BCUT2D eigenvalue weighted by Gasteiger charge is -2.24. The van der Waals surface area contributed by atoms with Crippen molar-refractivity contribution in [3.05, 3.63) is 24.3 Å². The highest BCUT2D eigenvalue weighted by Crippen LogP contribution is 2.30. The molecule has 1 aliphatic rings. The number of ether oxygens (including phenoxy) is 3. The van der Waals surface area contributed by atoms with E-state index in [0.29, 0.717) is 51.1 Å². The van der Waals surface area contributed by atoms with Crippen molar-refractivity contribution in [2.24, 2.45) is 11.8 Å². The number of hydrogen-bond acceptors (Lipinski definition) is 6. The van der Waals surface area contributed by atoms with Crippen molar-refractivity contribution in [3.63, 3.8) is 0 Å². The molecule has 1 N–H and O–H groups in total. The van der Waals surface area contributed by atoms with Crippen LogP contribution in [0.2, 0.25) is 0 Å². The van der Waals surface area contributed by atoms with Crippen LogP contribution in [0.3, 0.4) is 0 Å². The summed E-state index contributed by atoms with van der Waals surface area (Å²) in [7, 11) is 0. The second-order valence-corrected chi connectivity index (χ2v) is 8.01. The van der Waals surface area contributed by atoms with Crippen LogP contribution >= 0.6 is 0 Å². The fourth-order valence-corrected chi connectivity index (χ4v) is 3.59. The molecular formula is C24H34O7. The summed E-state index contributed by atoms with van der Waals surface area (Å²) in [6.07, 6.45) is 7.23. The Balaban J connectivity index is 1.57. The predicted molar refractivity (Wildman–Crippen MR) is 115 cm³/mol. The summed E-state index contributed by atoms with van der Waals surface area (Å²) in [5.74, 6) is -0.588. The number of benzene rings is 1. The summed E-state index contributed by atoms with van der Waals surface area (Å²) in [6.45, 7) is 3.04. The summed E-state index contributed by atoms with van der Waals surface area (Å²) in [5, 5.41) is 9.04. The van der Waals surface area contributed by atoms with Crippen LogP contribution in [0.15, 0.2) is 24.3 Å². The number of esters is 2. The second-order valence-electron chi connectivity index (χ2n) is 8.01. The molecule has 0 heterocycles. The molecule has 0 aliphatic heterocycles. The number of carboxylic acids is 1. The SMILES string of the molecule is CCCC(=O)OCCCCCCOc1ccc(OC(=O)C2CCC(C(=O)O)CC2)cc1. The Hall–Kier alpha value is -2.57. The topological polar surface area (TPSA) is 99.1 Å². The van der Waals surface area contributed by atoms with Gasteiger partial charge in [-0.2, -0.15) is 0 Å². The molecule has 0 radical (unpaired) electrons. The molecule has 2 rings (SSSR count). The predicted octanol–water partition coefficient (Wildman–Crippen LogP) is 4.77. The van der Waals surface area contributed by atoms with Gasteiger partial charge in [0.05, 0.1) is 25.0 Å². The first kappa shape index (κ1) is 24.7. The number of unbranched alkanes of at least 4 members (excludes halogenated alkanes) is 3. The van der Waals surface area contributed by atoms with Crippen molar-refractivity contribution in [3.8, 4) is 11.5 Å². The van der Waals surface area contributed by atoms with Gasteiger partial charge >= 0.3 is 17.9 Å². The number of carbonyl (C=O) groups excluding carboxylic acids is 2. The zero-order valence-corrected chi connectivity index (χ0v) is 18.3. The van der Waals surface area contributed by atoms with E-state index < -0.39 is 5.97 Å². The van der Waals surface area contributed by atoms with Gasteiger partial charge in [-0.15, -0.1) is 0 Å². The highest BCUT2D eigenvalue weighted by atomic mass is 16.5. The Morgan fingerprint density at radius 1 is 0.871 bits per heavy atom. The molecule has 1 fully saturated rings. The minimum absolute atomic E-state index is 0.120. The van der Waals surface area contributed by atoms with Gasteiger partial charge in [0, 0.05) is 6.42 Å². The van der Waals surface area contributed by atoms with E-state index in [1.54, 1.807) is 24.3 Å². The molecule has 0 amide bonds. The van der Waals surface area contributed by atoms with Gasteiger partial charge in [-0.1, -0.05) is 6.92 Å². The highest BCUT2D eigenvalue weighted by Gasteiger charge is 2.30. The normalized spacial score (nSPS) is 18.2. The highest BCUT2D eigenvalue weighted by molar-refractivity contribution is 5.76. The Kier molecular flexibility index (Phi) is 10.9. The molecule has 0 atom stereocenters. The Labute approximate surface area is 184 Å². The summed E-state index contributed by atoms with van der Waals surface area (Å²) >= 11 is 0. The van der Waals surface area contributed by atoms with Crippen LogP contribution in [0.1, 0.15) is 71.1 Å².